The van der Waals surface area contributed by atoms with Gasteiger partial charge in [0.25, 0.3) is 5.91 Å². The molecule has 1 aliphatic heterocycles. The molecule has 2 aliphatic rings. The number of benzene rings is 2. The molecule has 1 aliphatic carbocycles. The molecule has 0 radical (unpaired) electrons. The molecule has 5 heteroatoms. The first-order valence-electron chi connectivity index (χ1n) is 10.0. The smallest absolute Gasteiger partial charge is 0.255 e. The van der Waals surface area contributed by atoms with Gasteiger partial charge in [0.05, 0.1) is 0 Å². The monoisotopic (exact) mass is 377 g/mol. The summed E-state index contributed by atoms with van der Waals surface area (Å²) in [5.74, 6) is 0.527. The van der Waals surface area contributed by atoms with E-state index in [0.717, 1.165) is 61.5 Å². The van der Waals surface area contributed by atoms with Crippen LogP contribution < -0.4 is 10.2 Å². The van der Waals surface area contributed by atoms with Gasteiger partial charge in [-0.2, -0.15) is 0 Å². The molecule has 0 unspecified atom stereocenters. The number of nitrogens with zero attached hydrogens (tertiary/aromatic N) is 2. The van der Waals surface area contributed by atoms with Crippen LogP contribution in [-0.4, -0.2) is 42.9 Å². The van der Waals surface area contributed by atoms with Gasteiger partial charge in [-0.3, -0.25) is 9.59 Å². The Morgan fingerprint density at radius 3 is 2.25 bits per heavy atom. The Morgan fingerprint density at radius 2 is 1.61 bits per heavy atom. The van der Waals surface area contributed by atoms with E-state index in [9.17, 15) is 9.59 Å². The molecule has 1 saturated heterocycles. The molecule has 28 heavy (non-hydrogen) atoms. The van der Waals surface area contributed by atoms with E-state index in [1.54, 1.807) is 0 Å². The second kappa shape index (κ2) is 7.66. The number of piperazine rings is 1. The van der Waals surface area contributed by atoms with Crippen LogP contribution in [0, 0.1) is 19.8 Å². The SMILES string of the molecule is Cc1ccc(C)c(NC(=O)c2ccc(N3CCN(C(=O)C4CC4)CC3)cc2)c1. The van der Waals surface area contributed by atoms with Crippen LogP contribution in [0.15, 0.2) is 42.5 Å². The topological polar surface area (TPSA) is 52.7 Å². The molecule has 0 atom stereocenters. The number of nitrogens with one attached hydrogen (secondary N) is 1. The summed E-state index contributed by atoms with van der Waals surface area (Å²) < 4.78 is 0. The molecule has 2 aromatic carbocycles. The fourth-order valence-corrected chi connectivity index (χ4v) is 3.66. The predicted molar refractivity (Wildman–Crippen MR) is 112 cm³/mol. The van der Waals surface area contributed by atoms with Crippen LogP contribution in [0.5, 0.6) is 0 Å². The standard InChI is InChI=1S/C23H27N3O2/c1-16-3-4-17(2)21(15-16)24-22(27)18-7-9-20(10-8-18)25-11-13-26(14-12-25)23(28)19-5-6-19/h3-4,7-10,15,19H,5-6,11-14H2,1-2H3,(H,24,27). The van der Waals surface area contributed by atoms with Crippen molar-refractivity contribution in [1.29, 1.82) is 0 Å². The lowest BCUT2D eigenvalue weighted by molar-refractivity contribution is -0.132. The van der Waals surface area contributed by atoms with Gasteiger partial charge in [0, 0.05) is 49.0 Å². The highest BCUT2D eigenvalue weighted by Gasteiger charge is 2.34. The van der Waals surface area contributed by atoms with E-state index >= 15 is 0 Å². The highest BCUT2D eigenvalue weighted by molar-refractivity contribution is 6.04. The van der Waals surface area contributed by atoms with Gasteiger partial charge in [-0.05, 0) is 68.1 Å². The molecule has 2 fully saturated rings. The van der Waals surface area contributed by atoms with Crippen LogP contribution in [0.3, 0.4) is 0 Å². The lowest BCUT2D eigenvalue weighted by Crippen LogP contribution is -2.49. The molecule has 2 aromatic rings. The number of hydrogen-bond acceptors (Lipinski definition) is 3. The van der Waals surface area contributed by atoms with Gasteiger partial charge in [-0.15, -0.1) is 0 Å². The lowest BCUT2D eigenvalue weighted by Gasteiger charge is -2.36. The van der Waals surface area contributed by atoms with Crippen molar-refractivity contribution >= 4 is 23.2 Å². The Labute approximate surface area is 166 Å². The molecule has 5 nitrogen and oxygen atoms in total. The third-order valence-corrected chi connectivity index (χ3v) is 5.65. The molecule has 1 N–H and O–H groups in total. The molecule has 1 heterocycles. The first-order valence-corrected chi connectivity index (χ1v) is 10.0. The zero-order chi connectivity index (χ0) is 19.7. The highest BCUT2D eigenvalue weighted by atomic mass is 16.2. The van der Waals surface area contributed by atoms with E-state index < -0.39 is 0 Å². The summed E-state index contributed by atoms with van der Waals surface area (Å²) in [4.78, 5) is 29.0. The van der Waals surface area contributed by atoms with Crippen molar-refractivity contribution < 1.29 is 9.59 Å². The van der Waals surface area contributed by atoms with Gasteiger partial charge in [-0.25, -0.2) is 0 Å². The minimum Gasteiger partial charge on any atom is -0.368 e. The van der Waals surface area contributed by atoms with E-state index in [0.29, 0.717) is 17.4 Å². The first-order chi connectivity index (χ1) is 13.5. The summed E-state index contributed by atoms with van der Waals surface area (Å²) in [5.41, 5.74) is 4.77. The fourth-order valence-electron chi connectivity index (χ4n) is 3.66. The minimum absolute atomic E-state index is 0.0971. The third-order valence-electron chi connectivity index (χ3n) is 5.65. The molecule has 4 rings (SSSR count). The molecule has 0 aromatic heterocycles. The van der Waals surface area contributed by atoms with Gasteiger partial charge < -0.3 is 15.1 Å². The maximum atomic E-state index is 12.6. The maximum absolute atomic E-state index is 12.6. The van der Waals surface area contributed by atoms with Crippen molar-refractivity contribution in [3.8, 4) is 0 Å². The van der Waals surface area contributed by atoms with Crippen LogP contribution in [0.2, 0.25) is 0 Å². The summed E-state index contributed by atoms with van der Waals surface area (Å²) in [6.07, 6.45) is 2.12. The van der Waals surface area contributed by atoms with E-state index in [-0.39, 0.29) is 5.91 Å². The number of rotatable bonds is 4. The Kier molecular flexibility index (Phi) is 5.07. The number of carbonyl (C=O) groups excluding carboxylic acids is 2. The van der Waals surface area contributed by atoms with Crippen molar-refractivity contribution in [2.75, 3.05) is 36.4 Å². The normalized spacial score (nSPS) is 16.8. The summed E-state index contributed by atoms with van der Waals surface area (Å²) in [6.45, 7) is 7.25. The highest BCUT2D eigenvalue weighted by Crippen LogP contribution is 2.31. The van der Waals surface area contributed by atoms with Gasteiger partial charge in [0.1, 0.15) is 0 Å². The maximum Gasteiger partial charge on any atom is 0.255 e. The third kappa shape index (κ3) is 4.03. The molecule has 1 saturated carbocycles. The molecule has 0 spiro atoms. The zero-order valence-corrected chi connectivity index (χ0v) is 16.6. The van der Waals surface area contributed by atoms with Crippen molar-refractivity contribution in [1.82, 2.24) is 4.90 Å². The molecule has 2 amide bonds. The van der Waals surface area contributed by atoms with Gasteiger partial charge in [-0.1, -0.05) is 12.1 Å². The van der Waals surface area contributed by atoms with Crippen LogP contribution in [0.1, 0.15) is 34.3 Å². The van der Waals surface area contributed by atoms with Crippen LogP contribution >= 0.6 is 0 Å². The number of carbonyl (C=O) groups is 2. The van der Waals surface area contributed by atoms with Gasteiger partial charge in [0.15, 0.2) is 0 Å². The van der Waals surface area contributed by atoms with Crippen LogP contribution in [0.4, 0.5) is 11.4 Å². The zero-order valence-electron chi connectivity index (χ0n) is 16.6. The number of aryl methyl sites for hydroxylation is 2. The van der Waals surface area contributed by atoms with E-state index in [1.807, 2.05) is 61.2 Å². The number of amides is 2. The molecular weight excluding hydrogens is 350 g/mol. The second-order valence-electron chi connectivity index (χ2n) is 7.91. The summed E-state index contributed by atoms with van der Waals surface area (Å²) in [7, 11) is 0. The number of anilines is 2. The van der Waals surface area contributed by atoms with E-state index in [1.165, 1.54) is 0 Å². The van der Waals surface area contributed by atoms with Crippen molar-refractivity contribution in [3.05, 3.63) is 59.2 Å². The molecule has 0 bridgehead atoms. The summed E-state index contributed by atoms with van der Waals surface area (Å²) in [5, 5.41) is 3.00. The Balaban J connectivity index is 1.36. The van der Waals surface area contributed by atoms with Gasteiger partial charge in [0.2, 0.25) is 5.91 Å². The molecule has 146 valence electrons. The minimum atomic E-state index is -0.0971. The van der Waals surface area contributed by atoms with Crippen LogP contribution in [0.25, 0.3) is 0 Å². The first kappa shape index (κ1) is 18.5. The molecular formula is C23H27N3O2. The van der Waals surface area contributed by atoms with E-state index in [2.05, 4.69) is 10.2 Å². The van der Waals surface area contributed by atoms with Crippen LogP contribution in [-0.2, 0) is 4.79 Å². The van der Waals surface area contributed by atoms with Crippen molar-refractivity contribution in [3.63, 3.8) is 0 Å². The average molecular weight is 377 g/mol. The Bertz CT molecular complexity index is 879. The van der Waals surface area contributed by atoms with E-state index in [4.69, 9.17) is 0 Å². The summed E-state index contributed by atoms with van der Waals surface area (Å²) >= 11 is 0. The average Bonchev–Trinajstić information content (AvgIpc) is 3.56. The van der Waals surface area contributed by atoms with Gasteiger partial charge >= 0.3 is 0 Å². The lowest BCUT2D eigenvalue weighted by atomic mass is 10.1. The number of hydrogen-bond donors (Lipinski definition) is 1. The van der Waals surface area contributed by atoms with Crippen molar-refractivity contribution in [2.45, 2.75) is 26.7 Å². The fraction of sp³-hybridized carbons (Fsp3) is 0.391. The Hall–Kier alpha value is -2.82. The largest absolute Gasteiger partial charge is 0.368 e. The quantitative estimate of drug-likeness (QED) is 0.886. The Morgan fingerprint density at radius 1 is 0.929 bits per heavy atom. The summed E-state index contributed by atoms with van der Waals surface area (Å²) in [6, 6.07) is 13.8. The second-order valence-corrected chi connectivity index (χ2v) is 7.91. The van der Waals surface area contributed by atoms with Crippen molar-refractivity contribution in [2.24, 2.45) is 5.92 Å². The predicted octanol–water partition coefficient (Wildman–Crippen LogP) is 3.61.